The fourth-order valence-corrected chi connectivity index (χ4v) is 10.2. The van der Waals surface area contributed by atoms with Crippen molar-refractivity contribution in [2.45, 2.75) is 227 Å². The number of hydrogen-bond donors (Lipinski definition) is 5. The molecule has 0 atom stereocenters. The third-order valence-corrected chi connectivity index (χ3v) is 33.5. The fraction of sp³-hybridized carbons (Fsp3) is 0.790. The van der Waals surface area contributed by atoms with E-state index < -0.39 is 33.3 Å². The number of aldehydes is 1. The number of carbonyl (C=O) groups excluding carboxylic acids is 1. The Morgan fingerprint density at radius 2 is 0.753 bits per heavy atom. The summed E-state index contributed by atoms with van der Waals surface area (Å²) in [6, 6.07) is 13.5. The van der Waals surface area contributed by atoms with Crippen LogP contribution in [0.3, 0.4) is 0 Å². The minimum atomic E-state index is -1.88. The largest absolute Gasteiger partial charge is 0.413 e. The third-order valence-electron chi connectivity index (χ3n) is 15.3. The van der Waals surface area contributed by atoms with Gasteiger partial charge in [-0.25, -0.2) is 0 Å². The molecule has 2 aromatic rings. The molecule has 0 unspecified atom stereocenters. The highest BCUT2D eigenvalue weighted by Crippen LogP contribution is 2.41. The lowest BCUT2D eigenvalue weighted by Gasteiger charge is -2.37. The number of carbonyl (C=O) groups is 1. The van der Waals surface area contributed by atoms with Crippen LogP contribution in [0.15, 0.2) is 36.4 Å². The Balaban J connectivity index is -0.00000134. The second kappa shape index (κ2) is 41.7. The van der Waals surface area contributed by atoms with Gasteiger partial charge >= 0.3 is 0 Å². The van der Waals surface area contributed by atoms with Crippen LogP contribution in [0.4, 0.5) is 11.4 Å². The molecule has 0 saturated heterocycles. The zero-order valence-electron chi connectivity index (χ0n) is 56.7. The predicted octanol–water partition coefficient (Wildman–Crippen LogP) is 17.5. The van der Waals surface area contributed by atoms with Gasteiger partial charge in [-0.15, -0.1) is 0 Å². The molecule has 0 aliphatic carbocycles. The van der Waals surface area contributed by atoms with Crippen LogP contribution >= 0.6 is 50.5 Å². The Labute approximate surface area is 526 Å². The Kier molecular flexibility index (Phi) is 43.7. The molecule has 0 saturated carbocycles. The van der Waals surface area contributed by atoms with Crippen molar-refractivity contribution < 1.29 is 41.4 Å². The zero-order valence-corrected chi connectivity index (χ0v) is 64.3. The van der Waals surface area contributed by atoms with Crippen LogP contribution in [-0.4, -0.2) is 135 Å². The maximum absolute atomic E-state index is 9.10. The van der Waals surface area contributed by atoms with Crippen molar-refractivity contribution >= 4 is 101 Å². The van der Waals surface area contributed by atoms with E-state index in [9.17, 15) is 0 Å². The molecule has 0 spiro atoms. The van der Waals surface area contributed by atoms with Crippen molar-refractivity contribution in [1.82, 2.24) is 0 Å². The summed E-state index contributed by atoms with van der Waals surface area (Å²) < 4.78 is 48.9. The standard InChI is InChI=1S/C31H61NO4SSi2.C27H53NO4Si2.C2H4OS.2CH4S/c1-14-16-33-18-19-34-17-15-32(25-31(8,9)37)28-21-26(23-35-38(10,11)29(2,3)4)20-27(22-28)24-36-39(12,13)30(5,6)7;1-12-14-29-16-17-30-15-13-28-25-19-23(21-31-33(8,9)26(2,3)4)18-24(20-25)22-32-34(10,11)27(5,6)7;3-1-2-4;2*1-2/h20-22,37H,14-19,23-25H2,1-13H3;18-20,28H,12-17,21-22H2,1-11H3;1,4H,2H2;2*2H,1H3. The van der Waals surface area contributed by atoms with Crippen LogP contribution in [0.25, 0.3) is 0 Å². The van der Waals surface area contributed by atoms with E-state index in [4.69, 9.17) is 54.1 Å². The number of hydrogen-bond acceptors (Lipinski definition) is 15. The van der Waals surface area contributed by atoms with Gasteiger partial charge in [0.15, 0.2) is 33.3 Å². The minimum absolute atomic E-state index is 0.157. The molecule has 0 amide bonds. The van der Waals surface area contributed by atoms with E-state index in [1.807, 2.05) is 0 Å². The van der Waals surface area contributed by atoms with Gasteiger partial charge in [-0.05, 0) is 158 Å². The fourth-order valence-electron chi connectivity index (χ4n) is 6.19. The summed E-state index contributed by atoms with van der Waals surface area (Å²) in [5, 5.41) is 4.24. The Morgan fingerprint density at radius 3 is 1.02 bits per heavy atom. The third kappa shape index (κ3) is 37.9. The summed E-state index contributed by atoms with van der Waals surface area (Å²) in [6.07, 6.45) is 6.20. The topological polar surface area (TPSA) is 106 Å². The van der Waals surface area contributed by atoms with Gasteiger partial charge < -0.3 is 51.7 Å². The van der Waals surface area contributed by atoms with E-state index in [0.717, 1.165) is 57.7 Å². The predicted molar refractivity (Wildman–Crippen MR) is 378 cm³/mol. The normalized spacial score (nSPS) is 12.7. The summed E-state index contributed by atoms with van der Waals surface area (Å²) in [7, 11) is -7.41. The first-order valence-corrected chi connectivity index (χ1v) is 44.0. The van der Waals surface area contributed by atoms with E-state index in [0.29, 0.717) is 71.8 Å². The molecule has 0 aromatic heterocycles. The summed E-state index contributed by atoms with van der Waals surface area (Å²) in [5.74, 6) is 0.333. The number of anilines is 2. The average Bonchev–Trinajstić information content (AvgIpc) is 3.36. The number of benzene rings is 2. The Hall–Kier alpha value is -0.342. The lowest BCUT2D eigenvalue weighted by Crippen LogP contribution is -2.41. The number of nitrogens with one attached hydrogen (secondary N) is 1. The summed E-state index contributed by atoms with van der Waals surface area (Å²) in [6.45, 7) is 64.7. The first kappa shape index (κ1) is 84.9. The SMILES string of the molecule is CCCOCCOCCN(CC(C)(C)S)c1cc(CO[Si](C)(C)C(C)(C)C)cc(CO[Si](C)(C)C(C)(C)C)c1.CCCOCCOCCNc1cc(CO[Si](C)(C)C(C)(C)C)cc(CO[Si](C)(C)C(C)(C)C)c1.CS.CS.O=CCS. The Morgan fingerprint density at radius 1 is 0.469 bits per heavy atom. The lowest BCUT2D eigenvalue weighted by molar-refractivity contribution is -0.105. The van der Waals surface area contributed by atoms with Gasteiger partial charge in [0.2, 0.25) is 0 Å². The number of nitrogens with zero attached hydrogens (tertiary/aromatic N) is 1. The molecule has 0 bridgehead atoms. The average molecular weight is 1280 g/mol. The summed E-state index contributed by atoms with van der Waals surface area (Å²) in [5.41, 5.74) is 7.04. The van der Waals surface area contributed by atoms with Crippen molar-refractivity contribution in [3.63, 3.8) is 0 Å². The highest BCUT2D eigenvalue weighted by molar-refractivity contribution is 7.81. The molecular formula is C62H126N2O9S4Si4. The van der Waals surface area contributed by atoms with Gasteiger partial charge in [-0.1, -0.05) is 109 Å². The Bertz CT molecular complexity index is 1840. The van der Waals surface area contributed by atoms with Gasteiger partial charge in [-0.3, -0.25) is 0 Å². The van der Waals surface area contributed by atoms with Crippen LogP contribution in [0.5, 0.6) is 0 Å². The molecule has 1 N–H and O–H groups in total. The molecule has 0 radical (unpaired) electrons. The summed E-state index contributed by atoms with van der Waals surface area (Å²) >= 11 is 15.5. The molecule has 0 fully saturated rings. The van der Waals surface area contributed by atoms with Gasteiger partial charge in [-0.2, -0.15) is 50.5 Å². The molecule has 81 heavy (non-hydrogen) atoms. The van der Waals surface area contributed by atoms with Crippen molar-refractivity contribution in [3.05, 3.63) is 58.7 Å². The maximum atomic E-state index is 9.10. The number of rotatable bonds is 33. The van der Waals surface area contributed by atoms with Gasteiger partial charge in [0.05, 0.1) is 66.1 Å². The van der Waals surface area contributed by atoms with E-state index in [1.54, 1.807) is 12.5 Å². The number of ether oxygens (including phenoxy) is 4. The molecule has 0 aliphatic heterocycles. The van der Waals surface area contributed by atoms with E-state index in [2.05, 4.69) is 248 Å². The van der Waals surface area contributed by atoms with Gasteiger partial charge in [0.1, 0.15) is 6.29 Å². The molecule has 11 nitrogen and oxygen atoms in total. The molecule has 0 heterocycles. The van der Waals surface area contributed by atoms with E-state index >= 15 is 0 Å². The lowest BCUT2D eigenvalue weighted by atomic mass is 10.1. The van der Waals surface area contributed by atoms with Crippen LogP contribution in [0, 0.1) is 0 Å². The second-order valence-electron chi connectivity index (χ2n) is 27.2. The van der Waals surface area contributed by atoms with Crippen LogP contribution in [0.2, 0.25) is 72.5 Å². The van der Waals surface area contributed by atoms with Crippen molar-refractivity contribution in [2.24, 2.45) is 0 Å². The molecular weight excluding hydrogens is 1160 g/mol. The maximum Gasteiger partial charge on any atom is 0.192 e. The smallest absolute Gasteiger partial charge is 0.192 e. The van der Waals surface area contributed by atoms with E-state index in [1.165, 1.54) is 27.9 Å². The molecule has 19 heteroatoms. The van der Waals surface area contributed by atoms with Crippen molar-refractivity contribution in [2.75, 3.05) is 101 Å². The van der Waals surface area contributed by atoms with Crippen molar-refractivity contribution in [1.29, 1.82) is 0 Å². The highest BCUT2D eigenvalue weighted by Gasteiger charge is 2.40. The van der Waals surface area contributed by atoms with Crippen LogP contribution < -0.4 is 10.2 Å². The molecule has 0 aliphatic rings. The first-order chi connectivity index (χ1) is 37.2. The molecule has 2 rings (SSSR count). The first-order valence-electron chi connectivity index (χ1n) is 29.5. The quantitative estimate of drug-likeness (QED) is 0.0204. The van der Waals surface area contributed by atoms with Gasteiger partial charge in [0.25, 0.3) is 0 Å². The minimum Gasteiger partial charge on any atom is -0.413 e. The summed E-state index contributed by atoms with van der Waals surface area (Å²) in [4.78, 5) is 11.5. The zero-order chi connectivity index (χ0) is 63.6. The monoisotopic (exact) mass is 1280 g/mol. The van der Waals surface area contributed by atoms with Crippen LogP contribution in [0.1, 0.15) is 146 Å². The number of thiol groups is 4. The van der Waals surface area contributed by atoms with Crippen molar-refractivity contribution in [3.8, 4) is 0 Å². The van der Waals surface area contributed by atoms with Gasteiger partial charge in [0, 0.05) is 54.7 Å². The second-order valence-corrected chi connectivity index (χ2v) is 48.0. The van der Waals surface area contributed by atoms with Crippen LogP contribution in [-0.2, 0) is 67.9 Å². The molecule has 478 valence electrons. The molecule has 2 aromatic carbocycles. The highest BCUT2D eigenvalue weighted by atomic mass is 32.1. The van der Waals surface area contributed by atoms with E-state index in [-0.39, 0.29) is 24.9 Å².